The van der Waals surface area contributed by atoms with Crippen LogP contribution in [0, 0.1) is 0 Å². The Morgan fingerprint density at radius 3 is 2.08 bits per heavy atom. The van der Waals surface area contributed by atoms with Gasteiger partial charge in [0.05, 0.1) is 5.39 Å². The van der Waals surface area contributed by atoms with Crippen molar-refractivity contribution >= 4 is 22.6 Å². The van der Waals surface area contributed by atoms with Gasteiger partial charge in [0.2, 0.25) is 11.2 Å². The number of aryl methyl sites for hydroxylation is 2. The monoisotopic (exact) mass is 511 g/mol. The van der Waals surface area contributed by atoms with Gasteiger partial charge >= 0.3 is 6.18 Å². The number of nitrogens with one attached hydrogen (secondary N) is 1. The van der Waals surface area contributed by atoms with Crippen molar-refractivity contribution in [2.75, 3.05) is 11.9 Å². The second kappa shape index (κ2) is 10.8. The maximum absolute atomic E-state index is 13.8. The zero-order valence-corrected chi connectivity index (χ0v) is 20.1. The van der Waals surface area contributed by atoms with Crippen LogP contribution >= 0.6 is 0 Å². The first kappa shape index (κ1) is 25.8. The topological polar surface area (TPSA) is 77.8 Å². The van der Waals surface area contributed by atoms with Crippen molar-refractivity contribution < 1.29 is 31.9 Å². The minimum absolute atomic E-state index is 0.0593. The summed E-state index contributed by atoms with van der Waals surface area (Å²) in [4.78, 5) is 25.2. The first-order valence-electron chi connectivity index (χ1n) is 11.6. The molecular formula is C28H24F3NO5. The molecule has 1 amide bonds. The molecule has 0 aliphatic rings. The van der Waals surface area contributed by atoms with Gasteiger partial charge in [-0.1, -0.05) is 38.1 Å². The predicted molar refractivity (Wildman–Crippen MR) is 133 cm³/mol. The quantitative estimate of drug-likeness (QED) is 0.283. The van der Waals surface area contributed by atoms with Gasteiger partial charge in [-0.2, -0.15) is 13.2 Å². The van der Waals surface area contributed by atoms with Gasteiger partial charge in [-0.05, 0) is 60.4 Å². The molecule has 1 heterocycles. The van der Waals surface area contributed by atoms with E-state index in [0.29, 0.717) is 5.69 Å². The maximum atomic E-state index is 13.8. The first-order valence-corrected chi connectivity index (χ1v) is 11.6. The zero-order chi connectivity index (χ0) is 26.6. The summed E-state index contributed by atoms with van der Waals surface area (Å²) in [5.41, 5.74) is 1.34. The molecule has 4 rings (SSSR count). The molecule has 0 saturated carbocycles. The number of amides is 1. The van der Waals surface area contributed by atoms with E-state index < -0.39 is 35.6 Å². The van der Waals surface area contributed by atoms with Crippen LogP contribution < -0.4 is 20.2 Å². The van der Waals surface area contributed by atoms with Crippen molar-refractivity contribution in [1.29, 1.82) is 0 Å². The third-order valence-electron chi connectivity index (χ3n) is 5.65. The lowest BCUT2D eigenvalue weighted by molar-refractivity contribution is -0.154. The Labute approximate surface area is 210 Å². The molecule has 4 aromatic rings. The molecule has 9 heteroatoms. The van der Waals surface area contributed by atoms with Gasteiger partial charge in [-0.25, -0.2) is 0 Å². The third kappa shape index (κ3) is 6.11. The fourth-order valence-electron chi connectivity index (χ4n) is 3.61. The van der Waals surface area contributed by atoms with Crippen LogP contribution in [0.1, 0.15) is 30.7 Å². The van der Waals surface area contributed by atoms with Crippen LogP contribution in [0.5, 0.6) is 17.2 Å². The van der Waals surface area contributed by atoms with Crippen molar-refractivity contribution in [3.8, 4) is 17.2 Å². The molecule has 0 aliphatic carbocycles. The lowest BCUT2D eigenvalue weighted by Gasteiger charge is -2.14. The minimum Gasteiger partial charge on any atom is -0.484 e. The van der Waals surface area contributed by atoms with Crippen LogP contribution in [0.3, 0.4) is 0 Å². The summed E-state index contributed by atoms with van der Waals surface area (Å²) in [5.74, 6) is -2.84. The number of halogens is 3. The highest BCUT2D eigenvalue weighted by Gasteiger charge is 2.40. The van der Waals surface area contributed by atoms with Gasteiger partial charge in [-0.3, -0.25) is 9.59 Å². The molecule has 0 radical (unpaired) electrons. The summed E-state index contributed by atoms with van der Waals surface area (Å²) in [6.45, 7) is 3.56. The van der Waals surface area contributed by atoms with Gasteiger partial charge in [0, 0.05) is 11.8 Å². The lowest BCUT2D eigenvalue weighted by Crippen LogP contribution is -2.20. The van der Waals surface area contributed by atoms with E-state index in [1.807, 2.05) is 26.0 Å². The molecule has 0 bridgehead atoms. The number of carbonyl (C=O) groups is 1. The van der Waals surface area contributed by atoms with Crippen molar-refractivity contribution in [3.05, 3.63) is 93.8 Å². The highest BCUT2D eigenvalue weighted by atomic mass is 19.4. The van der Waals surface area contributed by atoms with Crippen LogP contribution in [0.25, 0.3) is 11.0 Å². The number of hydrogen-bond donors (Lipinski definition) is 1. The van der Waals surface area contributed by atoms with E-state index in [1.54, 1.807) is 24.3 Å². The Bertz CT molecular complexity index is 1460. The first-order chi connectivity index (χ1) is 17.7. The van der Waals surface area contributed by atoms with E-state index in [1.165, 1.54) is 24.3 Å². The fraction of sp³-hybridized carbons (Fsp3) is 0.214. The molecule has 37 heavy (non-hydrogen) atoms. The smallest absolute Gasteiger partial charge is 0.453 e. The Morgan fingerprint density at radius 2 is 1.49 bits per heavy atom. The molecule has 6 nitrogen and oxygen atoms in total. The van der Waals surface area contributed by atoms with Crippen molar-refractivity contribution in [1.82, 2.24) is 0 Å². The average Bonchev–Trinajstić information content (AvgIpc) is 2.89. The Morgan fingerprint density at radius 1 is 0.892 bits per heavy atom. The third-order valence-corrected chi connectivity index (χ3v) is 5.65. The van der Waals surface area contributed by atoms with Gasteiger partial charge in [0.1, 0.15) is 17.1 Å². The molecule has 1 aromatic heterocycles. The molecule has 0 saturated heterocycles. The van der Waals surface area contributed by atoms with E-state index in [4.69, 9.17) is 13.9 Å². The lowest BCUT2D eigenvalue weighted by atomic mass is 10.1. The zero-order valence-electron chi connectivity index (χ0n) is 20.1. The van der Waals surface area contributed by atoms with Crippen molar-refractivity contribution in [2.24, 2.45) is 0 Å². The maximum Gasteiger partial charge on any atom is 0.453 e. The summed E-state index contributed by atoms with van der Waals surface area (Å²) < 4.78 is 57.2. The average molecular weight is 511 g/mol. The number of carbonyl (C=O) groups excluding carboxylic acids is 1. The Hall–Kier alpha value is -4.27. The number of fused-ring (bicyclic) bond motifs is 1. The second-order valence-corrected chi connectivity index (χ2v) is 8.23. The summed E-state index contributed by atoms with van der Waals surface area (Å²) in [5, 5.41) is 2.55. The van der Waals surface area contributed by atoms with E-state index >= 15 is 0 Å². The van der Waals surface area contributed by atoms with Gasteiger partial charge < -0.3 is 19.2 Å². The van der Waals surface area contributed by atoms with E-state index in [2.05, 4.69) is 5.32 Å². The van der Waals surface area contributed by atoms with E-state index in [9.17, 15) is 22.8 Å². The Kier molecular flexibility index (Phi) is 7.52. The second-order valence-electron chi connectivity index (χ2n) is 8.23. The van der Waals surface area contributed by atoms with Crippen molar-refractivity contribution in [3.63, 3.8) is 0 Å². The summed E-state index contributed by atoms with van der Waals surface area (Å²) in [6.07, 6.45) is -3.38. The molecule has 1 N–H and O–H groups in total. The van der Waals surface area contributed by atoms with Crippen LogP contribution in [0.4, 0.5) is 18.9 Å². The molecule has 0 aliphatic heterocycles. The SMILES string of the molecule is CCc1ccc(NC(=O)COc2ccc3c(=O)c(Oc4ccc(CC)cc4)c(C(F)(F)F)oc3c2)cc1. The predicted octanol–water partition coefficient (Wildman–Crippen LogP) is 6.75. The molecule has 0 fully saturated rings. The molecule has 192 valence electrons. The van der Waals surface area contributed by atoms with Crippen LogP contribution in [-0.2, 0) is 23.8 Å². The fourth-order valence-corrected chi connectivity index (χ4v) is 3.61. The summed E-state index contributed by atoms with van der Waals surface area (Å²) in [6, 6.07) is 17.4. The van der Waals surface area contributed by atoms with Gasteiger partial charge in [0.15, 0.2) is 6.61 Å². The van der Waals surface area contributed by atoms with Gasteiger partial charge in [0.25, 0.3) is 11.7 Å². The summed E-state index contributed by atoms with van der Waals surface area (Å²) in [7, 11) is 0. The van der Waals surface area contributed by atoms with E-state index in [0.717, 1.165) is 30.0 Å². The number of benzene rings is 3. The number of rotatable bonds is 8. The molecule has 0 unspecified atom stereocenters. The minimum atomic E-state index is -4.99. The largest absolute Gasteiger partial charge is 0.484 e. The molecule has 3 aromatic carbocycles. The standard InChI is InChI=1S/C28H24F3NO5/c1-3-17-5-9-19(10-6-17)32-24(33)16-35-21-13-14-22-23(15-21)37-27(28(29,30)31)26(25(22)34)36-20-11-7-18(4-2)8-12-20/h5-15H,3-4,16H2,1-2H3,(H,32,33). The van der Waals surface area contributed by atoms with Crippen LogP contribution in [-0.4, -0.2) is 12.5 Å². The number of alkyl halides is 3. The number of anilines is 1. The molecule has 0 spiro atoms. The van der Waals surface area contributed by atoms with Crippen LogP contribution in [0.15, 0.2) is 75.9 Å². The van der Waals surface area contributed by atoms with Gasteiger partial charge in [-0.15, -0.1) is 0 Å². The Balaban J connectivity index is 1.56. The van der Waals surface area contributed by atoms with Crippen molar-refractivity contribution in [2.45, 2.75) is 32.9 Å². The molecule has 0 atom stereocenters. The van der Waals surface area contributed by atoms with E-state index in [-0.39, 0.29) is 22.5 Å². The molecular weight excluding hydrogens is 487 g/mol. The normalized spacial score (nSPS) is 11.4. The number of hydrogen-bond acceptors (Lipinski definition) is 5. The van der Waals surface area contributed by atoms with Crippen LogP contribution in [0.2, 0.25) is 0 Å². The highest BCUT2D eigenvalue weighted by molar-refractivity contribution is 5.92. The summed E-state index contributed by atoms with van der Waals surface area (Å²) >= 11 is 0. The number of ether oxygens (including phenoxy) is 2. The highest BCUT2D eigenvalue weighted by Crippen LogP contribution is 2.38.